The van der Waals surface area contributed by atoms with Gasteiger partial charge < -0.3 is 10.5 Å². The molecule has 0 bridgehead atoms. The summed E-state index contributed by atoms with van der Waals surface area (Å²) in [5.74, 6) is -0.172. The molecule has 2 N–H and O–H groups in total. The summed E-state index contributed by atoms with van der Waals surface area (Å²) < 4.78 is 0. The molecule has 2 rings (SSSR count). The van der Waals surface area contributed by atoms with Crippen LogP contribution in [-0.2, 0) is 0 Å². The molecule has 2 aromatic rings. The molecule has 0 aliphatic carbocycles. The molecule has 0 heterocycles. The molecule has 2 aromatic carbocycles. The van der Waals surface area contributed by atoms with Gasteiger partial charge in [-0.05, 0) is 38.5 Å². The lowest BCUT2D eigenvalue weighted by molar-refractivity contribution is 0.102. The van der Waals surface area contributed by atoms with Gasteiger partial charge in [-0.25, -0.2) is 0 Å². The molecular formula is C17H18N2O2. The Hall–Kier alpha value is -2.62. The minimum atomic E-state index is -0.172. The van der Waals surface area contributed by atoms with Gasteiger partial charge in [0.1, 0.15) is 0 Å². The Balaban J connectivity index is 2.34. The number of aryl methyl sites for hydroxylation is 2. The molecule has 4 heteroatoms. The van der Waals surface area contributed by atoms with E-state index in [0.29, 0.717) is 22.5 Å². The number of rotatable bonds is 3. The Kier molecular flexibility index (Phi) is 4.38. The van der Waals surface area contributed by atoms with Crippen LogP contribution in [0, 0.1) is 13.8 Å². The first-order chi connectivity index (χ1) is 10.0. The van der Waals surface area contributed by atoms with Gasteiger partial charge in [0.25, 0.3) is 5.91 Å². The summed E-state index contributed by atoms with van der Waals surface area (Å²) in [4.78, 5) is 12.4. The lowest BCUT2D eigenvalue weighted by Crippen LogP contribution is -2.15. The van der Waals surface area contributed by atoms with E-state index >= 15 is 0 Å². The molecule has 0 unspecified atom stereocenters. The van der Waals surface area contributed by atoms with E-state index < -0.39 is 0 Å². The molecule has 4 nitrogen and oxygen atoms in total. The third-order valence-corrected chi connectivity index (χ3v) is 3.35. The van der Waals surface area contributed by atoms with E-state index in [-0.39, 0.29) is 5.91 Å². The Labute approximate surface area is 124 Å². The van der Waals surface area contributed by atoms with Crippen molar-refractivity contribution in [2.24, 2.45) is 5.16 Å². The quantitative estimate of drug-likeness (QED) is 0.511. The smallest absolute Gasteiger partial charge is 0.255 e. The summed E-state index contributed by atoms with van der Waals surface area (Å²) >= 11 is 0. The minimum absolute atomic E-state index is 0.172. The van der Waals surface area contributed by atoms with Crippen molar-refractivity contribution in [1.82, 2.24) is 0 Å². The van der Waals surface area contributed by atoms with Crippen molar-refractivity contribution >= 4 is 17.3 Å². The monoisotopic (exact) mass is 282 g/mol. The molecule has 21 heavy (non-hydrogen) atoms. The standard InChI is InChI=1S/C17H18N2O2/c1-11-8-9-12(2)15(10-11)17(20)18-16-7-5-4-6-14(16)13(3)19-21/h4-10,21H,1-3H3,(H,18,20)/b19-13+. The number of hydrogen-bond acceptors (Lipinski definition) is 3. The van der Waals surface area contributed by atoms with Crippen molar-refractivity contribution < 1.29 is 10.0 Å². The first kappa shape index (κ1) is 14.8. The number of anilines is 1. The van der Waals surface area contributed by atoms with Crippen molar-refractivity contribution in [3.63, 3.8) is 0 Å². The number of amides is 1. The number of nitrogens with zero attached hydrogens (tertiary/aromatic N) is 1. The molecule has 108 valence electrons. The number of carbonyl (C=O) groups excluding carboxylic acids is 1. The first-order valence-electron chi connectivity index (χ1n) is 6.69. The van der Waals surface area contributed by atoms with Crippen LogP contribution in [0.3, 0.4) is 0 Å². The maximum atomic E-state index is 12.4. The van der Waals surface area contributed by atoms with Gasteiger partial charge in [0, 0.05) is 11.1 Å². The van der Waals surface area contributed by atoms with E-state index in [1.54, 1.807) is 19.1 Å². The first-order valence-corrected chi connectivity index (χ1v) is 6.69. The number of carbonyl (C=O) groups is 1. The van der Waals surface area contributed by atoms with E-state index in [1.807, 2.05) is 44.2 Å². The Bertz CT molecular complexity index is 706. The molecule has 0 saturated heterocycles. The molecule has 0 saturated carbocycles. The van der Waals surface area contributed by atoms with Gasteiger partial charge in [-0.1, -0.05) is 41.1 Å². The molecule has 0 atom stereocenters. The van der Waals surface area contributed by atoms with Crippen molar-refractivity contribution in [2.75, 3.05) is 5.32 Å². The van der Waals surface area contributed by atoms with Gasteiger partial charge in [0.15, 0.2) is 0 Å². The largest absolute Gasteiger partial charge is 0.411 e. The van der Waals surface area contributed by atoms with Gasteiger partial charge in [-0.2, -0.15) is 0 Å². The molecule has 0 spiro atoms. The number of oxime groups is 1. The molecule has 0 fully saturated rings. The molecule has 0 aliphatic rings. The van der Waals surface area contributed by atoms with Crippen molar-refractivity contribution in [2.45, 2.75) is 20.8 Å². The fraction of sp³-hybridized carbons (Fsp3) is 0.176. The zero-order chi connectivity index (χ0) is 15.4. The van der Waals surface area contributed by atoms with E-state index in [9.17, 15) is 4.79 Å². The highest BCUT2D eigenvalue weighted by atomic mass is 16.4. The normalized spacial score (nSPS) is 11.3. The summed E-state index contributed by atoms with van der Waals surface area (Å²) in [6.07, 6.45) is 0. The van der Waals surface area contributed by atoms with Crippen LogP contribution in [-0.4, -0.2) is 16.8 Å². The second kappa shape index (κ2) is 6.22. The summed E-state index contributed by atoms with van der Waals surface area (Å²) in [5.41, 5.74) is 4.36. The van der Waals surface area contributed by atoms with Gasteiger partial charge in [-0.15, -0.1) is 0 Å². The van der Waals surface area contributed by atoms with Crippen LogP contribution < -0.4 is 5.32 Å². The number of nitrogens with one attached hydrogen (secondary N) is 1. The lowest BCUT2D eigenvalue weighted by atomic mass is 10.0. The highest BCUT2D eigenvalue weighted by molar-refractivity contribution is 6.10. The third kappa shape index (κ3) is 3.28. The summed E-state index contributed by atoms with van der Waals surface area (Å²) in [6, 6.07) is 13.0. The zero-order valence-corrected chi connectivity index (χ0v) is 12.3. The van der Waals surface area contributed by atoms with E-state index in [0.717, 1.165) is 11.1 Å². The van der Waals surface area contributed by atoms with Crippen LogP contribution in [0.25, 0.3) is 0 Å². The predicted molar refractivity (Wildman–Crippen MR) is 84.3 cm³/mol. The van der Waals surface area contributed by atoms with Gasteiger partial charge in [0.2, 0.25) is 0 Å². The maximum Gasteiger partial charge on any atom is 0.255 e. The van der Waals surface area contributed by atoms with Gasteiger partial charge in [0.05, 0.1) is 11.4 Å². The summed E-state index contributed by atoms with van der Waals surface area (Å²) in [5, 5.41) is 15.0. The lowest BCUT2D eigenvalue weighted by Gasteiger charge is -2.12. The van der Waals surface area contributed by atoms with Gasteiger partial charge in [-0.3, -0.25) is 4.79 Å². The van der Waals surface area contributed by atoms with Gasteiger partial charge >= 0.3 is 0 Å². The van der Waals surface area contributed by atoms with Crippen LogP contribution in [0.15, 0.2) is 47.6 Å². The number of benzene rings is 2. The van der Waals surface area contributed by atoms with Crippen LogP contribution >= 0.6 is 0 Å². The SMILES string of the molecule is C/C(=N\O)c1ccccc1NC(=O)c1cc(C)ccc1C. The second-order valence-corrected chi connectivity index (χ2v) is 5.00. The maximum absolute atomic E-state index is 12.4. The highest BCUT2D eigenvalue weighted by Gasteiger charge is 2.12. The molecule has 1 amide bonds. The molecule has 0 aromatic heterocycles. The van der Waals surface area contributed by atoms with Crippen molar-refractivity contribution in [1.29, 1.82) is 0 Å². The van der Waals surface area contributed by atoms with Crippen LogP contribution in [0.5, 0.6) is 0 Å². The van der Waals surface area contributed by atoms with E-state index in [1.165, 1.54) is 0 Å². The Morgan fingerprint density at radius 1 is 1.10 bits per heavy atom. The average molecular weight is 282 g/mol. The topological polar surface area (TPSA) is 61.7 Å². The van der Waals surface area contributed by atoms with Crippen LogP contribution in [0.4, 0.5) is 5.69 Å². The molecular weight excluding hydrogens is 264 g/mol. The molecule has 0 aliphatic heterocycles. The fourth-order valence-electron chi connectivity index (χ4n) is 2.13. The number of para-hydroxylation sites is 1. The second-order valence-electron chi connectivity index (χ2n) is 5.00. The Morgan fingerprint density at radius 2 is 1.81 bits per heavy atom. The zero-order valence-electron chi connectivity index (χ0n) is 12.3. The van der Waals surface area contributed by atoms with Crippen molar-refractivity contribution in [3.8, 4) is 0 Å². The molecule has 0 radical (unpaired) electrons. The van der Waals surface area contributed by atoms with Crippen molar-refractivity contribution in [3.05, 3.63) is 64.7 Å². The minimum Gasteiger partial charge on any atom is -0.411 e. The van der Waals surface area contributed by atoms with E-state index in [2.05, 4.69) is 10.5 Å². The number of hydrogen-bond donors (Lipinski definition) is 2. The summed E-state index contributed by atoms with van der Waals surface area (Å²) in [6.45, 7) is 5.54. The third-order valence-electron chi connectivity index (χ3n) is 3.35. The van der Waals surface area contributed by atoms with Crippen LogP contribution in [0.2, 0.25) is 0 Å². The van der Waals surface area contributed by atoms with E-state index in [4.69, 9.17) is 5.21 Å². The predicted octanol–water partition coefficient (Wildman–Crippen LogP) is 3.75. The highest BCUT2D eigenvalue weighted by Crippen LogP contribution is 2.19. The summed E-state index contributed by atoms with van der Waals surface area (Å²) in [7, 11) is 0. The van der Waals surface area contributed by atoms with Crippen LogP contribution in [0.1, 0.15) is 34.0 Å². The average Bonchev–Trinajstić information content (AvgIpc) is 2.49. The fourth-order valence-corrected chi connectivity index (χ4v) is 2.13. The Morgan fingerprint density at radius 3 is 2.52 bits per heavy atom.